The van der Waals surface area contributed by atoms with Gasteiger partial charge in [-0.15, -0.1) is 0 Å². The van der Waals surface area contributed by atoms with Crippen molar-refractivity contribution < 1.29 is 5.11 Å². The average molecular weight is 531 g/mol. The van der Waals surface area contributed by atoms with Crippen LogP contribution in [0.3, 0.4) is 0 Å². The predicted octanol–water partition coefficient (Wildman–Crippen LogP) is 4.91. The molecule has 0 bridgehead atoms. The van der Waals surface area contributed by atoms with Crippen molar-refractivity contribution in [2.45, 2.75) is 76.7 Å². The van der Waals surface area contributed by atoms with Crippen molar-refractivity contribution in [1.29, 1.82) is 0 Å². The summed E-state index contributed by atoms with van der Waals surface area (Å²) in [6, 6.07) is 15.7. The van der Waals surface area contributed by atoms with Gasteiger partial charge in [0.25, 0.3) is 0 Å². The minimum absolute atomic E-state index is 0.0437. The first-order valence-electron chi connectivity index (χ1n) is 14.7. The van der Waals surface area contributed by atoms with Crippen LogP contribution in [0.25, 0.3) is 10.9 Å². The van der Waals surface area contributed by atoms with E-state index in [0.717, 1.165) is 75.1 Å². The molecule has 0 amide bonds. The average Bonchev–Trinajstić information content (AvgIpc) is 2.91. The van der Waals surface area contributed by atoms with E-state index in [1.807, 2.05) is 18.3 Å². The fourth-order valence-electron chi connectivity index (χ4n) is 6.86. The number of likely N-dealkylation sites (tertiary alicyclic amines) is 1. The quantitative estimate of drug-likeness (QED) is 0.429. The van der Waals surface area contributed by atoms with Gasteiger partial charge in [0.15, 0.2) is 0 Å². The Bertz CT molecular complexity index is 1240. The maximum Gasteiger partial charge on any atom is 0.146 e. The molecule has 3 atom stereocenters. The van der Waals surface area contributed by atoms with Gasteiger partial charge in [0.05, 0.1) is 11.6 Å². The maximum absolute atomic E-state index is 10.1. The van der Waals surface area contributed by atoms with E-state index >= 15 is 0 Å². The molecule has 210 valence electrons. The van der Waals surface area contributed by atoms with Gasteiger partial charge in [-0.25, -0.2) is 9.97 Å². The second-order valence-electron chi connectivity index (χ2n) is 12.1. The number of phenolic OH excluding ortho intramolecular Hbond substituents is 1. The highest BCUT2D eigenvalue weighted by atomic mass is 16.3. The largest absolute Gasteiger partial charge is 0.508 e. The Hall–Kier alpha value is -2.58. The van der Waals surface area contributed by atoms with Crippen LogP contribution in [0.4, 0.5) is 0 Å². The Morgan fingerprint density at radius 3 is 2.49 bits per heavy atom. The van der Waals surface area contributed by atoms with Crippen LogP contribution in [0, 0.1) is 0 Å². The molecule has 1 aromatic heterocycles. The van der Waals surface area contributed by atoms with Gasteiger partial charge >= 0.3 is 0 Å². The summed E-state index contributed by atoms with van der Waals surface area (Å²) in [5.74, 6) is 1.30. The number of benzene rings is 2. The van der Waals surface area contributed by atoms with Crippen molar-refractivity contribution in [2.75, 3.05) is 40.3 Å². The second-order valence-corrected chi connectivity index (χ2v) is 12.1. The summed E-state index contributed by atoms with van der Waals surface area (Å²) in [6.45, 7) is 11.8. The standard InChI is InChI=1S/C32H46N6O/c1-6-8-30(38-20-23(2)34-24(3)21-38)31-33-19-26-17-25(11-12-29(26)35-31)22-37-15-13-32(14-16-37,36(4)5)27-9-7-10-28(39)18-27/h7,9-12,17-19,23-24,30,34,39H,6,8,13-16,20-22H2,1-5H3/t23-,24+,30-/m0/s1. The number of nitrogens with one attached hydrogen (secondary N) is 1. The first-order valence-corrected chi connectivity index (χ1v) is 14.7. The fraction of sp³-hybridized carbons (Fsp3) is 0.562. The molecule has 0 radical (unpaired) electrons. The molecule has 2 saturated heterocycles. The molecule has 0 saturated carbocycles. The molecule has 0 unspecified atom stereocenters. The van der Waals surface area contributed by atoms with Gasteiger partial charge in [-0.1, -0.05) is 31.5 Å². The third kappa shape index (κ3) is 6.12. The van der Waals surface area contributed by atoms with E-state index in [4.69, 9.17) is 9.97 Å². The number of piperazine rings is 1. The van der Waals surface area contributed by atoms with Crippen LogP contribution in [0.1, 0.15) is 69.4 Å². The Balaban J connectivity index is 1.28. The van der Waals surface area contributed by atoms with Gasteiger partial charge in [0.1, 0.15) is 11.6 Å². The van der Waals surface area contributed by atoms with E-state index in [-0.39, 0.29) is 11.6 Å². The van der Waals surface area contributed by atoms with Crippen molar-refractivity contribution in [1.82, 2.24) is 30.0 Å². The molecular formula is C32H46N6O. The molecule has 2 aliphatic rings. The van der Waals surface area contributed by atoms with Crippen LogP contribution in [0.2, 0.25) is 0 Å². The normalized spacial score (nSPS) is 23.3. The number of piperidine rings is 1. The lowest BCUT2D eigenvalue weighted by molar-refractivity contribution is 0.0506. The Morgan fingerprint density at radius 2 is 1.82 bits per heavy atom. The summed E-state index contributed by atoms with van der Waals surface area (Å²) in [5, 5.41) is 14.9. The third-order valence-electron chi connectivity index (χ3n) is 8.88. The molecule has 2 aromatic carbocycles. The highest BCUT2D eigenvalue weighted by Gasteiger charge is 2.38. The Kier molecular flexibility index (Phi) is 8.52. The van der Waals surface area contributed by atoms with E-state index in [0.29, 0.717) is 17.8 Å². The monoisotopic (exact) mass is 530 g/mol. The molecular weight excluding hydrogens is 484 g/mol. The lowest BCUT2D eigenvalue weighted by Gasteiger charge is -2.46. The van der Waals surface area contributed by atoms with E-state index in [1.165, 1.54) is 11.1 Å². The maximum atomic E-state index is 10.1. The number of rotatable bonds is 8. The van der Waals surface area contributed by atoms with Gasteiger partial charge in [0.2, 0.25) is 0 Å². The Morgan fingerprint density at radius 1 is 1.08 bits per heavy atom. The van der Waals surface area contributed by atoms with Crippen molar-refractivity contribution in [3.63, 3.8) is 0 Å². The minimum atomic E-state index is -0.0437. The summed E-state index contributed by atoms with van der Waals surface area (Å²) in [5.41, 5.74) is 3.51. The molecule has 7 heteroatoms. The number of hydrogen-bond acceptors (Lipinski definition) is 7. The molecule has 3 aromatic rings. The van der Waals surface area contributed by atoms with E-state index in [1.54, 1.807) is 6.07 Å². The molecule has 3 heterocycles. The topological polar surface area (TPSA) is 67.8 Å². The van der Waals surface area contributed by atoms with Crippen LogP contribution in [0.5, 0.6) is 5.75 Å². The first kappa shape index (κ1) is 28.0. The molecule has 0 aliphatic carbocycles. The third-order valence-corrected chi connectivity index (χ3v) is 8.88. The number of nitrogens with zero attached hydrogens (tertiary/aromatic N) is 5. The van der Waals surface area contributed by atoms with E-state index < -0.39 is 0 Å². The minimum Gasteiger partial charge on any atom is -0.508 e. The van der Waals surface area contributed by atoms with Crippen LogP contribution < -0.4 is 5.32 Å². The molecule has 2 aliphatic heterocycles. The molecule has 2 fully saturated rings. The van der Waals surface area contributed by atoms with Gasteiger partial charge in [-0.3, -0.25) is 14.7 Å². The molecule has 0 spiro atoms. The van der Waals surface area contributed by atoms with Gasteiger partial charge in [-0.2, -0.15) is 0 Å². The number of aromatic nitrogens is 2. The molecule has 5 rings (SSSR count). The smallest absolute Gasteiger partial charge is 0.146 e. The zero-order valence-electron chi connectivity index (χ0n) is 24.4. The van der Waals surface area contributed by atoms with Crippen LogP contribution in [0.15, 0.2) is 48.7 Å². The van der Waals surface area contributed by atoms with Gasteiger partial charge in [-0.05, 0) is 82.6 Å². The summed E-state index contributed by atoms with van der Waals surface area (Å²) in [4.78, 5) is 17.4. The van der Waals surface area contributed by atoms with Gasteiger partial charge < -0.3 is 10.4 Å². The van der Waals surface area contributed by atoms with Crippen LogP contribution in [-0.4, -0.2) is 82.1 Å². The van der Waals surface area contributed by atoms with Crippen molar-refractivity contribution in [2.24, 2.45) is 0 Å². The van der Waals surface area contributed by atoms with Crippen molar-refractivity contribution >= 4 is 10.9 Å². The summed E-state index contributed by atoms with van der Waals surface area (Å²) in [7, 11) is 4.32. The SMILES string of the molecule is CCC[C@@H](c1ncc2cc(CN3CCC(c4cccc(O)c4)(N(C)C)CC3)ccc2n1)N1C[C@@H](C)N[C@@H](C)C1. The first-order chi connectivity index (χ1) is 18.8. The number of hydrogen-bond donors (Lipinski definition) is 2. The summed E-state index contributed by atoms with van der Waals surface area (Å²) in [6.07, 6.45) is 6.30. The second kappa shape index (κ2) is 11.9. The van der Waals surface area contributed by atoms with Crippen LogP contribution in [-0.2, 0) is 12.1 Å². The van der Waals surface area contributed by atoms with E-state index in [2.05, 4.69) is 79.1 Å². The number of phenols is 1. The van der Waals surface area contributed by atoms with E-state index in [9.17, 15) is 5.11 Å². The highest BCUT2D eigenvalue weighted by molar-refractivity contribution is 5.78. The Labute approximate surface area is 234 Å². The highest BCUT2D eigenvalue weighted by Crippen LogP contribution is 2.39. The molecule has 2 N–H and O–H groups in total. The molecule has 7 nitrogen and oxygen atoms in total. The fourth-order valence-corrected chi connectivity index (χ4v) is 6.86. The lowest BCUT2D eigenvalue weighted by atomic mass is 9.79. The summed E-state index contributed by atoms with van der Waals surface area (Å²) < 4.78 is 0. The lowest BCUT2D eigenvalue weighted by Crippen LogP contribution is -2.55. The number of fused-ring (bicyclic) bond motifs is 1. The van der Waals surface area contributed by atoms with Crippen LogP contribution >= 0.6 is 0 Å². The van der Waals surface area contributed by atoms with Crippen molar-refractivity contribution in [3.05, 3.63) is 65.6 Å². The zero-order chi connectivity index (χ0) is 27.6. The molecule has 39 heavy (non-hydrogen) atoms. The zero-order valence-corrected chi connectivity index (χ0v) is 24.4. The number of aromatic hydroxyl groups is 1. The van der Waals surface area contributed by atoms with Crippen molar-refractivity contribution in [3.8, 4) is 5.75 Å². The van der Waals surface area contributed by atoms with Gasteiger partial charge in [0, 0.05) is 61.9 Å². The predicted molar refractivity (Wildman–Crippen MR) is 159 cm³/mol. The summed E-state index contributed by atoms with van der Waals surface area (Å²) >= 11 is 0.